The van der Waals surface area contributed by atoms with Crippen molar-refractivity contribution < 1.29 is 0 Å². The molecule has 0 radical (unpaired) electrons. The van der Waals surface area contributed by atoms with E-state index < -0.39 is 0 Å². The Balaban J connectivity index is 1.98. The lowest BCUT2D eigenvalue weighted by Gasteiger charge is -2.12. The molecule has 0 unspecified atom stereocenters. The van der Waals surface area contributed by atoms with Crippen LogP contribution < -0.4 is 5.73 Å². The van der Waals surface area contributed by atoms with Crippen molar-refractivity contribution in [1.82, 2.24) is 9.97 Å². The molecule has 2 N–H and O–H groups in total. The molecule has 0 aliphatic heterocycles. The zero-order chi connectivity index (χ0) is 11.1. The van der Waals surface area contributed by atoms with Crippen molar-refractivity contribution in [3.05, 3.63) is 16.0 Å². The van der Waals surface area contributed by atoms with Crippen LogP contribution in [0.25, 0.3) is 0 Å². The maximum atomic E-state index is 5.96. The van der Waals surface area contributed by atoms with Gasteiger partial charge in [-0.2, -0.15) is 0 Å². The summed E-state index contributed by atoms with van der Waals surface area (Å²) in [5.74, 6) is 2.78. The van der Waals surface area contributed by atoms with Gasteiger partial charge in [-0.25, -0.2) is 9.97 Å². The van der Waals surface area contributed by atoms with E-state index in [2.05, 4.69) is 20.9 Å². The fraction of sp³-hybridized carbons (Fsp3) is 0.667. The summed E-state index contributed by atoms with van der Waals surface area (Å²) in [4.78, 5) is 9.18. The Labute approximate surface area is 104 Å². The lowest BCUT2D eigenvalue weighted by atomic mass is 10.1. The normalized spacial score (nSPS) is 21.6. The minimum atomic E-state index is 0.549. The Bertz CT molecular complexity index is 409. The molecular weight excluding hydrogens is 266 g/mol. The Morgan fingerprint density at radius 1 is 1.00 bits per heavy atom. The van der Waals surface area contributed by atoms with Gasteiger partial charge in [0.25, 0.3) is 0 Å². The summed E-state index contributed by atoms with van der Waals surface area (Å²) in [6.07, 6.45) is 7.57. The molecule has 0 aromatic carbocycles. The number of nitrogens with zero attached hydrogens (tertiary/aromatic N) is 2. The Hall–Kier alpha value is -0.640. The van der Waals surface area contributed by atoms with E-state index in [1.165, 1.54) is 38.5 Å². The van der Waals surface area contributed by atoms with Crippen molar-refractivity contribution in [2.45, 2.75) is 50.4 Å². The Morgan fingerprint density at radius 2 is 1.69 bits per heavy atom. The topological polar surface area (TPSA) is 51.8 Å². The maximum absolute atomic E-state index is 5.96. The van der Waals surface area contributed by atoms with Crippen LogP contribution in [0.4, 0.5) is 5.82 Å². The van der Waals surface area contributed by atoms with Crippen LogP contribution in [0.5, 0.6) is 0 Å². The van der Waals surface area contributed by atoms with Gasteiger partial charge in [-0.3, -0.25) is 0 Å². The van der Waals surface area contributed by atoms with Crippen molar-refractivity contribution in [3.63, 3.8) is 0 Å². The molecule has 1 aromatic heterocycles. The highest BCUT2D eigenvalue weighted by atomic mass is 79.9. The molecule has 2 saturated carbocycles. The average Bonchev–Trinajstić information content (AvgIpc) is 2.96. The first-order valence-electron chi connectivity index (χ1n) is 6.08. The summed E-state index contributed by atoms with van der Waals surface area (Å²) in [6.45, 7) is 0. The number of rotatable bonds is 2. The summed E-state index contributed by atoms with van der Waals surface area (Å²) in [5.41, 5.74) is 7.10. The Morgan fingerprint density at radius 3 is 2.31 bits per heavy atom. The van der Waals surface area contributed by atoms with Gasteiger partial charge in [-0.05, 0) is 41.6 Å². The van der Waals surface area contributed by atoms with E-state index in [4.69, 9.17) is 10.7 Å². The standard InChI is InChI=1S/C12H16BrN3/c13-9-10(7-5-6-7)15-12(16-11(9)14)8-3-1-2-4-8/h7-8H,1-6H2,(H2,14,15,16). The van der Waals surface area contributed by atoms with Crippen LogP contribution in [-0.2, 0) is 0 Å². The number of nitrogen functional groups attached to an aromatic ring is 1. The molecule has 1 aromatic rings. The molecule has 0 bridgehead atoms. The van der Waals surface area contributed by atoms with Crippen molar-refractivity contribution in [2.75, 3.05) is 5.73 Å². The minimum Gasteiger partial charge on any atom is -0.383 e. The summed E-state index contributed by atoms with van der Waals surface area (Å²) in [7, 11) is 0. The number of nitrogens with two attached hydrogens (primary N) is 1. The van der Waals surface area contributed by atoms with Gasteiger partial charge in [0.1, 0.15) is 11.6 Å². The van der Waals surface area contributed by atoms with Crippen molar-refractivity contribution in [3.8, 4) is 0 Å². The van der Waals surface area contributed by atoms with E-state index in [9.17, 15) is 0 Å². The first-order chi connectivity index (χ1) is 7.75. The first-order valence-corrected chi connectivity index (χ1v) is 6.88. The van der Waals surface area contributed by atoms with Gasteiger partial charge in [0.15, 0.2) is 0 Å². The summed E-state index contributed by atoms with van der Waals surface area (Å²) in [5, 5.41) is 0. The Kier molecular flexibility index (Phi) is 2.62. The van der Waals surface area contributed by atoms with Crippen LogP contribution >= 0.6 is 15.9 Å². The fourth-order valence-electron chi connectivity index (χ4n) is 2.50. The second-order valence-corrected chi connectivity index (χ2v) is 5.71. The van der Waals surface area contributed by atoms with E-state index in [1.54, 1.807) is 0 Å². The third kappa shape index (κ3) is 1.83. The van der Waals surface area contributed by atoms with E-state index >= 15 is 0 Å². The van der Waals surface area contributed by atoms with Gasteiger partial charge in [-0.15, -0.1) is 0 Å². The highest BCUT2D eigenvalue weighted by Gasteiger charge is 2.30. The zero-order valence-electron chi connectivity index (χ0n) is 9.25. The van der Waals surface area contributed by atoms with Crippen LogP contribution in [0.3, 0.4) is 0 Å². The SMILES string of the molecule is Nc1nc(C2CCCC2)nc(C2CC2)c1Br. The number of hydrogen-bond donors (Lipinski definition) is 1. The van der Waals surface area contributed by atoms with Crippen LogP contribution in [0, 0.1) is 0 Å². The summed E-state index contributed by atoms with van der Waals surface area (Å²) in [6, 6.07) is 0. The van der Waals surface area contributed by atoms with Crippen molar-refractivity contribution >= 4 is 21.7 Å². The molecule has 2 aliphatic carbocycles. The number of anilines is 1. The van der Waals surface area contributed by atoms with Crippen LogP contribution in [0.1, 0.15) is 61.9 Å². The van der Waals surface area contributed by atoms with Gasteiger partial charge in [0.05, 0.1) is 10.2 Å². The molecule has 1 heterocycles. The molecule has 0 amide bonds. The van der Waals surface area contributed by atoms with Crippen LogP contribution in [0.15, 0.2) is 4.47 Å². The minimum absolute atomic E-state index is 0.549. The van der Waals surface area contributed by atoms with Gasteiger partial charge < -0.3 is 5.73 Å². The van der Waals surface area contributed by atoms with Crippen molar-refractivity contribution in [2.24, 2.45) is 0 Å². The van der Waals surface area contributed by atoms with Gasteiger partial charge in [0, 0.05) is 11.8 Å². The van der Waals surface area contributed by atoms with Crippen LogP contribution in [-0.4, -0.2) is 9.97 Å². The van der Waals surface area contributed by atoms with Crippen molar-refractivity contribution in [1.29, 1.82) is 0 Å². The zero-order valence-corrected chi connectivity index (χ0v) is 10.8. The van der Waals surface area contributed by atoms with E-state index in [0.29, 0.717) is 17.7 Å². The second-order valence-electron chi connectivity index (χ2n) is 4.92. The fourth-order valence-corrected chi connectivity index (χ4v) is 3.00. The molecular formula is C12H16BrN3. The van der Waals surface area contributed by atoms with E-state index in [-0.39, 0.29) is 0 Å². The van der Waals surface area contributed by atoms with Crippen LogP contribution in [0.2, 0.25) is 0 Å². The molecule has 86 valence electrons. The molecule has 3 rings (SSSR count). The second kappa shape index (κ2) is 3.99. The first kappa shape index (κ1) is 10.5. The molecule has 2 aliphatic rings. The molecule has 2 fully saturated rings. The largest absolute Gasteiger partial charge is 0.383 e. The predicted molar refractivity (Wildman–Crippen MR) is 67.3 cm³/mol. The molecule has 0 spiro atoms. The number of aromatic nitrogens is 2. The average molecular weight is 282 g/mol. The monoisotopic (exact) mass is 281 g/mol. The molecule has 3 nitrogen and oxygen atoms in total. The third-order valence-electron chi connectivity index (χ3n) is 3.60. The number of hydrogen-bond acceptors (Lipinski definition) is 3. The maximum Gasteiger partial charge on any atom is 0.141 e. The number of halogens is 1. The molecule has 4 heteroatoms. The highest BCUT2D eigenvalue weighted by Crippen LogP contribution is 2.44. The third-order valence-corrected chi connectivity index (χ3v) is 4.42. The molecule has 16 heavy (non-hydrogen) atoms. The van der Waals surface area contributed by atoms with E-state index in [0.717, 1.165) is 16.0 Å². The predicted octanol–water partition coefficient (Wildman–Crippen LogP) is 3.36. The highest BCUT2D eigenvalue weighted by molar-refractivity contribution is 9.10. The molecule has 0 saturated heterocycles. The lowest BCUT2D eigenvalue weighted by Crippen LogP contribution is -2.07. The molecule has 0 atom stereocenters. The lowest BCUT2D eigenvalue weighted by molar-refractivity contribution is 0.660. The summed E-state index contributed by atoms with van der Waals surface area (Å²) < 4.78 is 0.928. The summed E-state index contributed by atoms with van der Waals surface area (Å²) >= 11 is 3.51. The quantitative estimate of drug-likeness (QED) is 0.905. The van der Waals surface area contributed by atoms with E-state index in [1.807, 2.05) is 0 Å². The van der Waals surface area contributed by atoms with Gasteiger partial charge >= 0.3 is 0 Å². The van der Waals surface area contributed by atoms with Gasteiger partial charge in [0.2, 0.25) is 0 Å². The van der Waals surface area contributed by atoms with Gasteiger partial charge in [-0.1, -0.05) is 12.8 Å². The smallest absolute Gasteiger partial charge is 0.141 e.